The molecule has 1 aromatic rings. The summed E-state index contributed by atoms with van der Waals surface area (Å²) in [5.74, 6) is 0.676. The fourth-order valence-corrected chi connectivity index (χ4v) is 0.906. The maximum Gasteiger partial charge on any atom is 0.124 e. The molecule has 0 saturated carbocycles. The zero-order valence-electron chi connectivity index (χ0n) is 9.70. The van der Waals surface area contributed by atoms with Gasteiger partial charge in [-0.25, -0.2) is 0 Å². The lowest BCUT2D eigenvalue weighted by Crippen LogP contribution is -1.92. The topological polar surface area (TPSA) is 38.7 Å². The highest BCUT2D eigenvalue weighted by atomic mass is 16.5. The van der Waals surface area contributed by atoms with Gasteiger partial charge in [-0.05, 0) is 18.2 Å². The first kappa shape index (κ1) is 5.43. The van der Waals surface area contributed by atoms with Crippen LogP contribution in [-0.4, -0.2) is 19.3 Å². The van der Waals surface area contributed by atoms with Crippen LogP contribution in [0.25, 0.3) is 0 Å². The van der Waals surface area contributed by atoms with Gasteiger partial charge in [0.15, 0.2) is 0 Å². The molecule has 0 aliphatic rings. The highest BCUT2D eigenvalue weighted by Crippen LogP contribution is 2.23. The van der Waals surface area contributed by atoms with E-state index in [0.717, 1.165) is 0 Å². The zero-order chi connectivity index (χ0) is 11.5. The molecule has 3 heteroatoms. The average Bonchev–Trinajstić information content (AvgIpc) is 2.16. The summed E-state index contributed by atoms with van der Waals surface area (Å²) in [6, 6.07) is 4.55. The Morgan fingerprint density at radius 1 is 1.50 bits per heavy atom. The second-order valence-corrected chi connectivity index (χ2v) is 2.23. The van der Waals surface area contributed by atoms with Crippen LogP contribution in [0.2, 0.25) is 0 Å². The van der Waals surface area contributed by atoms with Crippen molar-refractivity contribution < 1.29 is 18.7 Å². The Labute approximate surface area is 75.8 Å². The molecule has 0 aliphatic heterocycles. The van der Waals surface area contributed by atoms with Crippen molar-refractivity contribution in [1.82, 2.24) is 0 Å². The maximum absolute atomic E-state index is 9.02. The quantitative estimate of drug-likeness (QED) is 0.742. The lowest BCUT2D eigenvalue weighted by atomic mass is 10.2. The SMILES string of the molecule is [2H]C([2H])([2H])Oc1ccc(OC)cc1CO. The summed E-state index contributed by atoms with van der Waals surface area (Å²) >= 11 is 0. The van der Waals surface area contributed by atoms with Crippen LogP contribution in [0.4, 0.5) is 0 Å². The van der Waals surface area contributed by atoms with E-state index in [2.05, 4.69) is 0 Å². The van der Waals surface area contributed by atoms with Crippen LogP contribution in [-0.2, 0) is 6.61 Å². The normalized spacial score (nSPS) is 14.3. The van der Waals surface area contributed by atoms with Crippen molar-refractivity contribution >= 4 is 0 Å². The van der Waals surface area contributed by atoms with Crippen LogP contribution in [0.1, 0.15) is 9.68 Å². The van der Waals surface area contributed by atoms with Crippen molar-refractivity contribution in [3.05, 3.63) is 23.8 Å². The van der Waals surface area contributed by atoms with Gasteiger partial charge in [-0.2, -0.15) is 0 Å². The van der Waals surface area contributed by atoms with Crippen LogP contribution in [0.3, 0.4) is 0 Å². The number of rotatable bonds is 3. The minimum atomic E-state index is -2.52. The minimum Gasteiger partial charge on any atom is -0.497 e. The monoisotopic (exact) mass is 171 g/mol. The molecule has 3 nitrogen and oxygen atoms in total. The van der Waals surface area contributed by atoms with E-state index in [-0.39, 0.29) is 12.4 Å². The first-order chi connectivity index (χ1) is 6.96. The Bertz CT molecular complexity index is 336. The van der Waals surface area contributed by atoms with Gasteiger partial charge in [0.2, 0.25) is 0 Å². The number of aliphatic hydroxyl groups is 1. The molecule has 1 rings (SSSR count). The van der Waals surface area contributed by atoms with Crippen molar-refractivity contribution in [3.63, 3.8) is 0 Å². The van der Waals surface area contributed by atoms with Gasteiger partial charge in [-0.3, -0.25) is 0 Å². The second-order valence-electron chi connectivity index (χ2n) is 2.23. The number of hydrogen-bond donors (Lipinski definition) is 1. The largest absolute Gasteiger partial charge is 0.497 e. The van der Waals surface area contributed by atoms with Gasteiger partial charge in [-0.15, -0.1) is 0 Å². The van der Waals surface area contributed by atoms with Crippen LogP contribution in [0, 0.1) is 0 Å². The van der Waals surface area contributed by atoms with Crippen molar-refractivity contribution in [3.8, 4) is 11.5 Å². The van der Waals surface area contributed by atoms with Gasteiger partial charge in [-0.1, -0.05) is 0 Å². The standard InChI is InChI=1S/C9H12O3/c1-11-8-3-4-9(12-2)7(5-8)6-10/h3-5,10H,6H2,1-2H3/i2D3. The molecular formula is C9H12O3. The second kappa shape index (κ2) is 3.97. The molecule has 12 heavy (non-hydrogen) atoms. The van der Waals surface area contributed by atoms with Crippen LogP contribution >= 0.6 is 0 Å². The van der Waals surface area contributed by atoms with E-state index in [1.807, 2.05) is 0 Å². The number of methoxy groups -OCH3 is 2. The van der Waals surface area contributed by atoms with Gasteiger partial charge in [0.1, 0.15) is 11.5 Å². The number of hydrogen-bond acceptors (Lipinski definition) is 3. The summed E-state index contributed by atoms with van der Waals surface area (Å²) < 4.78 is 30.5. The molecular weight excluding hydrogens is 156 g/mol. The lowest BCUT2D eigenvalue weighted by molar-refractivity contribution is 0.272. The van der Waals surface area contributed by atoms with Crippen molar-refractivity contribution in [2.75, 3.05) is 14.1 Å². The van der Waals surface area contributed by atoms with E-state index >= 15 is 0 Å². The van der Waals surface area contributed by atoms with E-state index < -0.39 is 7.04 Å². The first-order valence-corrected chi connectivity index (χ1v) is 3.43. The van der Waals surface area contributed by atoms with E-state index in [1.54, 1.807) is 6.07 Å². The molecule has 0 unspecified atom stereocenters. The Kier molecular flexibility index (Phi) is 1.80. The third-order valence-corrected chi connectivity index (χ3v) is 1.55. The van der Waals surface area contributed by atoms with E-state index in [0.29, 0.717) is 11.3 Å². The molecule has 0 bridgehead atoms. The predicted molar refractivity (Wildman–Crippen MR) is 45.5 cm³/mol. The smallest absolute Gasteiger partial charge is 0.124 e. The van der Waals surface area contributed by atoms with Gasteiger partial charge in [0.05, 0.1) is 24.9 Å². The van der Waals surface area contributed by atoms with E-state index in [4.69, 9.17) is 18.7 Å². The number of aliphatic hydroxyl groups excluding tert-OH is 1. The Morgan fingerprint density at radius 2 is 2.33 bits per heavy atom. The van der Waals surface area contributed by atoms with Crippen molar-refractivity contribution in [2.24, 2.45) is 0 Å². The highest BCUT2D eigenvalue weighted by Gasteiger charge is 2.02. The summed E-state index contributed by atoms with van der Waals surface area (Å²) in [7, 11) is -1.03. The van der Waals surface area contributed by atoms with Gasteiger partial charge in [0, 0.05) is 5.56 Å². The maximum atomic E-state index is 9.02. The van der Waals surface area contributed by atoms with Gasteiger partial charge in [0.25, 0.3) is 0 Å². The summed E-state index contributed by atoms with van der Waals surface area (Å²) in [6.45, 7) is -0.303. The summed E-state index contributed by atoms with van der Waals surface area (Å²) in [5, 5.41) is 9.02. The van der Waals surface area contributed by atoms with Crippen molar-refractivity contribution in [1.29, 1.82) is 0 Å². The molecule has 0 amide bonds. The fraction of sp³-hybridized carbons (Fsp3) is 0.333. The molecule has 0 atom stereocenters. The summed E-state index contributed by atoms with van der Waals surface area (Å²) in [4.78, 5) is 0. The van der Waals surface area contributed by atoms with E-state index in [9.17, 15) is 0 Å². The average molecular weight is 171 g/mol. The molecule has 0 saturated heterocycles. The number of ether oxygens (including phenoxy) is 2. The first-order valence-electron chi connectivity index (χ1n) is 4.93. The molecule has 0 fully saturated rings. The molecule has 66 valence electrons. The highest BCUT2D eigenvalue weighted by molar-refractivity contribution is 5.39. The lowest BCUT2D eigenvalue weighted by Gasteiger charge is -2.07. The molecule has 1 aromatic carbocycles. The Balaban J connectivity index is 2.97. The zero-order valence-corrected chi connectivity index (χ0v) is 6.70. The minimum absolute atomic E-state index is 0.137. The summed E-state index contributed by atoms with van der Waals surface area (Å²) in [6.07, 6.45) is 0. The molecule has 0 spiro atoms. The van der Waals surface area contributed by atoms with Gasteiger partial charge < -0.3 is 14.6 Å². The fourth-order valence-electron chi connectivity index (χ4n) is 0.906. The van der Waals surface area contributed by atoms with Gasteiger partial charge >= 0.3 is 0 Å². The van der Waals surface area contributed by atoms with Crippen LogP contribution < -0.4 is 9.47 Å². The summed E-state index contributed by atoms with van der Waals surface area (Å²) in [5.41, 5.74) is 0.380. The van der Waals surface area contributed by atoms with E-state index in [1.165, 1.54) is 19.2 Å². The Morgan fingerprint density at radius 3 is 2.92 bits per heavy atom. The van der Waals surface area contributed by atoms with Crippen molar-refractivity contribution in [2.45, 2.75) is 6.61 Å². The van der Waals surface area contributed by atoms with Crippen LogP contribution in [0.5, 0.6) is 11.5 Å². The molecule has 0 radical (unpaired) electrons. The molecule has 0 aromatic heterocycles. The van der Waals surface area contributed by atoms with Crippen LogP contribution in [0.15, 0.2) is 18.2 Å². The molecule has 0 heterocycles. The molecule has 0 aliphatic carbocycles. The third-order valence-electron chi connectivity index (χ3n) is 1.55. The number of benzene rings is 1. The third kappa shape index (κ3) is 1.68. The molecule has 1 N–H and O–H groups in total. The Hall–Kier alpha value is -1.22. The predicted octanol–water partition coefficient (Wildman–Crippen LogP) is 1.20.